The van der Waals surface area contributed by atoms with Crippen LogP contribution < -0.4 is 16.3 Å². The number of aromatic amines is 3. The van der Waals surface area contributed by atoms with E-state index in [1.807, 2.05) is 40.7 Å². The Balaban J connectivity index is 1.51. The number of allylic oxidation sites excluding steroid dienone is 2. The second-order valence-corrected chi connectivity index (χ2v) is 20.9. The van der Waals surface area contributed by atoms with Gasteiger partial charge < -0.3 is 59.9 Å². The summed E-state index contributed by atoms with van der Waals surface area (Å²) in [5.41, 5.74) is -0.507. The number of aromatic hydroxyl groups is 1. The van der Waals surface area contributed by atoms with Gasteiger partial charge in [0.1, 0.15) is 39.3 Å². The fourth-order valence-corrected chi connectivity index (χ4v) is 10.6. The molecule has 6 heterocycles. The number of amides is 3. The van der Waals surface area contributed by atoms with Gasteiger partial charge in [0.05, 0.1) is 51.7 Å². The van der Waals surface area contributed by atoms with Crippen LogP contribution >= 0.6 is 0 Å². The Morgan fingerprint density at radius 2 is 1.20 bits per heavy atom. The van der Waals surface area contributed by atoms with E-state index in [2.05, 4.69) is 15.0 Å². The van der Waals surface area contributed by atoms with Gasteiger partial charge in [0.25, 0.3) is 5.56 Å². The van der Waals surface area contributed by atoms with Crippen LogP contribution in [0.5, 0.6) is 5.88 Å². The predicted molar refractivity (Wildman–Crippen MR) is 297 cm³/mol. The van der Waals surface area contributed by atoms with Crippen molar-refractivity contribution >= 4 is 76.4 Å². The number of aryl methyl sites for hydroxylation is 1. The van der Waals surface area contributed by atoms with Crippen molar-refractivity contribution in [1.82, 2.24) is 34.2 Å². The highest BCUT2D eigenvalue weighted by atomic mass is 19.4. The van der Waals surface area contributed by atoms with Crippen LogP contribution in [0.25, 0.3) is 29.1 Å². The fraction of sp³-hybridized carbons (Fsp3) is 0.397. The Bertz CT molecular complexity index is 3780. The molecule has 1 unspecified atom stereocenters. The summed E-state index contributed by atoms with van der Waals surface area (Å²) in [6.45, 7) is 4.83. The van der Waals surface area contributed by atoms with Gasteiger partial charge >= 0.3 is 36.2 Å². The average Bonchev–Trinajstić information content (AvgIpc) is 1.56. The summed E-state index contributed by atoms with van der Waals surface area (Å²) >= 11 is 0. The summed E-state index contributed by atoms with van der Waals surface area (Å²) in [5, 5.41) is 51.8. The number of ether oxygens (including phenoxy) is 1. The number of unbranched alkanes of at least 4 members (excludes halogenated alkanes) is 1. The molecule has 5 aromatic rings. The van der Waals surface area contributed by atoms with Gasteiger partial charge in [0.15, 0.2) is 0 Å². The van der Waals surface area contributed by atoms with Gasteiger partial charge in [-0.05, 0) is 129 Å². The molecule has 7 rings (SSSR count). The van der Waals surface area contributed by atoms with Gasteiger partial charge in [-0.1, -0.05) is 20.3 Å². The number of nitrogens with zero attached hydrogens (tertiary/aromatic N) is 5. The van der Waals surface area contributed by atoms with Crippen molar-refractivity contribution in [3.8, 4) is 5.88 Å². The van der Waals surface area contributed by atoms with Gasteiger partial charge in [-0.15, -0.1) is 0 Å². The van der Waals surface area contributed by atoms with Crippen molar-refractivity contribution in [2.45, 2.75) is 106 Å². The minimum absolute atomic E-state index is 0.0891. The van der Waals surface area contributed by atoms with Crippen molar-refractivity contribution in [2.24, 2.45) is 4.99 Å². The van der Waals surface area contributed by atoms with Crippen LogP contribution in [0.15, 0.2) is 44.8 Å². The summed E-state index contributed by atoms with van der Waals surface area (Å²) in [6, 6.07) is 0.717. The molecule has 4 aromatic heterocycles. The van der Waals surface area contributed by atoms with Gasteiger partial charge in [0.2, 0.25) is 23.6 Å². The molecule has 86 heavy (non-hydrogen) atoms. The number of H-pyrrole nitrogens is 3. The molecule has 0 aliphatic carbocycles. The summed E-state index contributed by atoms with van der Waals surface area (Å²) < 4.78 is 92.7. The fourth-order valence-electron chi connectivity index (χ4n) is 10.6. The number of aliphatic carboxylic acids is 4. The van der Waals surface area contributed by atoms with E-state index < -0.39 is 147 Å². The second kappa shape index (κ2) is 25.6. The zero-order valence-electron chi connectivity index (χ0n) is 47.6. The van der Waals surface area contributed by atoms with Crippen LogP contribution in [-0.4, -0.2) is 153 Å². The van der Waals surface area contributed by atoms with Crippen molar-refractivity contribution < 1.29 is 90.2 Å². The lowest BCUT2D eigenvalue weighted by atomic mass is 9.94. The van der Waals surface area contributed by atoms with Crippen LogP contribution in [0, 0.1) is 20.8 Å². The third-order valence-corrected chi connectivity index (χ3v) is 15.0. The Labute approximate surface area is 485 Å². The number of carbonyl (C=O) groups excluding carboxylic acids is 3. The summed E-state index contributed by atoms with van der Waals surface area (Å²) in [4.78, 5) is 120. The number of carbonyl (C=O) groups is 7. The van der Waals surface area contributed by atoms with Crippen LogP contribution in [0.4, 0.5) is 26.3 Å². The molecule has 8 bridgehead atoms. The van der Waals surface area contributed by atoms with E-state index in [1.54, 1.807) is 19.1 Å². The maximum atomic E-state index is 15.0. The van der Waals surface area contributed by atoms with Crippen molar-refractivity contribution in [2.75, 3.05) is 45.9 Å². The lowest BCUT2D eigenvalue weighted by Gasteiger charge is -2.28. The van der Waals surface area contributed by atoms with Crippen LogP contribution in [0.3, 0.4) is 0 Å². The third kappa shape index (κ3) is 14.0. The largest absolute Gasteiger partial charge is 0.494 e. The molecule has 3 amide bonds. The maximum absolute atomic E-state index is 15.0. The van der Waals surface area contributed by atoms with Gasteiger partial charge in [-0.2, -0.15) is 26.3 Å². The van der Waals surface area contributed by atoms with Gasteiger partial charge in [0, 0.05) is 46.4 Å². The molecule has 0 spiro atoms. The molecule has 8 N–H and O–H groups in total. The number of fused-ring (bicyclic) bond motifs is 7. The molecule has 28 heteroatoms. The number of benzene rings is 1. The molecule has 0 radical (unpaired) electrons. The average molecular weight is 1210 g/mol. The van der Waals surface area contributed by atoms with E-state index in [0.29, 0.717) is 72.1 Å². The number of aromatic nitrogens is 4. The molecule has 0 saturated carbocycles. The number of hydrogen-bond donors (Lipinski definition) is 8. The number of alkyl halides is 6. The number of pyridine rings is 1. The van der Waals surface area contributed by atoms with Crippen LogP contribution in [-0.2, 0) is 63.6 Å². The first-order valence-corrected chi connectivity index (χ1v) is 27.0. The van der Waals surface area contributed by atoms with E-state index in [0.717, 1.165) is 29.5 Å². The number of carboxylic acids is 4. The third-order valence-electron chi connectivity index (χ3n) is 15.0. The van der Waals surface area contributed by atoms with E-state index in [4.69, 9.17) is 9.73 Å². The molecular formula is C58H62F6N8O14. The topological polar surface area (TPSA) is 321 Å². The van der Waals surface area contributed by atoms with Crippen LogP contribution in [0.1, 0.15) is 127 Å². The molecule has 2 aliphatic heterocycles. The van der Waals surface area contributed by atoms with E-state index in [9.17, 15) is 90.2 Å². The first-order chi connectivity index (χ1) is 40.2. The van der Waals surface area contributed by atoms with Crippen molar-refractivity contribution in [3.05, 3.63) is 123 Å². The van der Waals surface area contributed by atoms with E-state index >= 15 is 0 Å². The highest BCUT2D eigenvalue weighted by Crippen LogP contribution is 2.41. The van der Waals surface area contributed by atoms with Gasteiger partial charge in [-0.25, -0.2) is 4.99 Å². The molecule has 1 aromatic carbocycles. The molecule has 22 nitrogen and oxygen atoms in total. The quantitative estimate of drug-likeness (QED) is 0.0280. The first-order valence-electron chi connectivity index (χ1n) is 27.0. The standard InChI is InChI=1S/C58H62F6N8O14/c1-8-10-13-86-31(7)50-29(5)39-17-38-28(4)36(11-12-43(73)69(21-44(74)70(23-46(76)77)24-47(78)79)22-45(75)71(25-48(80)81)26-49(82)83)53(67-38)52-54-51(30(6)40(68-54)18-41-35(9-2)27(3)37(65-41)19-42(50)66-39)55(84)72(56(52)85)20-32-14-33(57(59,60)61)16-34(15-32)58(62,63)64/h14-19,31,65-66,68,85H,8-13,20-26H2,1-7H3,(H,76,77)(H,78,79)(H,80,81)(H,82,83). The lowest BCUT2D eigenvalue weighted by Crippen LogP contribution is -2.50. The Morgan fingerprint density at radius 3 is 1.71 bits per heavy atom. The highest BCUT2D eigenvalue weighted by molar-refractivity contribution is 6.23. The molecular weight excluding hydrogens is 1150 g/mol. The lowest BCUT2D eigenvalue weighted by molar-refractivity contribution is -0.153. The predicted octanol–water partition coefficient (Wildman–Crippen LogP) is 5.88. The molecule has 0 saturated heterocycles. The Hall–Kier alpha value is -9.21. The maximum Gasteiger partial charge on any atom is 0.416 e. The SMILES string of the molecule is CCCCOC(C)c1c2[nH]c(c1C)C=C1N=C(C(CCC(=O)N(CC(=O)N(CC(=O)O)CC(=O)O)CC(=O)N(CC(=O)O)CC(=O)O)=C1C)c1c(O)n(Cc3cc(C(F)(F)F)cc(C(F)(F)F)c3)c(=O)c3c(C)c([nH]c13)C=c1[nH]c(c(C)c1CC)=C2. The summed E-state index contributed by atoms with van der Waals surface area (Å²) in [7, 11) is 0. The van der Waals surface area contributed by atoms with Crippen molar-refractivity contribution in [3.63, 3.8) is 0 Å². The Kier molecular flexibility index (Phi) is 19.1. The number of halogens is 6. The number of hydrogen-bond acceptors (Lipinski definition) is 11. The zero-order chi connectivity index (χ0) is 63.6. The monoisotopic (exact) mass is 1210 g/mol. The number of carboxylic acid groups (broad SMARTS) is 4. The highest BCUT2D eigenvalue weighted by Gasteiger charge is 2.38. The van der Waals surface area contributed by atoms with Crippen molar-refractivity contribution in [1.29, 1.82) is 0 Å². The molecule has 0 fully saturated rings. The van der Waals surface area contributed by atoms with E-state index in [1.165, 1.54) is 6.92 Å². The number of nitrogens with one attached hydrogen (secondary N) is 3. The minimum Gasteiger partial charge on any atom is -0.494 e. The minimum atomic E-state index is -5.30. The first kappa shape index (κ1) is 64.4. The number of aliphatic imine (C=N–C) groups is 1. The Morgan fingerprint density at radius 1 is 0.674 bits per heavy atom. The van der Waals surface area contributed by atoms with Crippen LogP contribution in [0.2, 0.25) is 0 Å². The smallest absolute Gasteiger partial charge is 0.416 e. The summed E-state index contributed by atoms with van der Waals surface area (Å²) in [5.74, 6) is -11.5. The van der Waals surface area contributed by atoms with E-state index in [-0.39, 0.29) is 56.3 Å². The molecule has 1 atom stereocenters. The normalized spacial score (nSPS) is 13.5. The molecule has 2 aliphatic rings. The molecule has 460 valence electrons. The summed E-state index contributed by atoms with van der Waals surface area (Å²) in [6.07, 6.45) is -4.95. The number of rotatable bonds is 23. The second-order valence-electron chi connectivity index (χ2n) is 20.9. The zero-order valence-corrected chi connectivity index (χ0v) is 47.6. The van der Waals surface area contributed by atoms with Gasteiger partial charge in [-0.3, -0.25) is 42.9 Å².